The molecule has 3 heterocycles. The highest BCUT2D eigenvalue weighted by atomic mass is 15.3. The van der Waals surface area contributed by atoms with Crippen molar-refractivity contribution in [2.75, 3.05) is 4.90 Å². The third-order valence-electron chi connectivity index (χ3n) is 9.25. The number of nitrogens with zero attached hydrogens (tertiary/aromatic N) is 3. The molecule has 0 unspecified atom stereocenters. The zero-order valence-corrected chi connectivity index (χ0v) is 17.9. The maximum atomic E-state index is 2.88. The lowest BCUT2D eigenvalue weighted by Crippen LogP contribution is -2.62. The average Bonchev–Trinajstić information content (AvgIpc) is 3.32. The van der Waals surface area contributed by atoms with Gasteiger partial charge in [0.15, 0.2) is 0 Å². The Kier molecular flexibility index (Phi) is 3.04. The molecule has 2 aromatic heterocycles. The molecule has 150 valence electrons. The van der Waals surface area contributed by atoms with E-state index in [1.165, 1.54) is 54.4 Å². The smallest absolute Gasteiger partial charge is 0.0868 e. The second kappa shape index (κ2) is 5.30. The highest BCUT2D eigenvalue weighted by Crippen LogP contribution is 2.67. The van der Waals surface area contributed by atoms with Crippen LogP contribution in [0.25, 0.3) is 11.0 Å². The van der Waals surface area contributed by atoms with Gasteiger partial charge in [-0.3, -0.25) is 0 Å². The Morgan fingerprint density at radius 2 is 1.59 bits per heavy atom. The number of rotatable bonds is 1. The normalized spacial score (nSPS) is 34.7. The van der Waals surface area contributed by atoms with Gasteiger partial charge in [-0.25, -0.2) is 0 Å². The summed E-state index contributed by atoms with van der Waals surface area (Å²) in [4.78, 5) is 2.88. The molecule has 4 saturated carbocycles. The number of benzene rings is 1. The Morgan fingerprint density at radius 1 is 0.897 bits per heavy atom. The van der Waals surface area contributed by atoms with E-state index >= 15 is 0 Å². The van der Waals surface area contributed by atoms with Crippen LogP contribution in [0, 0.1) is 30.6 Å². The summed E-state index contributed by atoms with van der Waals surface area (Å²) in [7, 11) is 4.57. The lowest BCUT2D eigenvalue weighted by molar-refractivity contribution is -0.0614. The number of anilines is 1. The van der Waals surface area contributed by atoms with Gasteiger partial charge < -0.3 is 14.0 Å². The van der Waals surface area contributed by atoms with Crippen molar-refractivity contribution in [3.63, 3.8) is 0 Å². The molecule has 3 aromatic rings. The Bertz CT molecular complexity index is 1120. The Hall–Kier alpha value is -2.16. The zero-order valence-electron chi connectivity index (χ0n) is 17.9. The molecule has 1 aliphatic heterocycles. The van der Waals surface area contributed by atoms with E-state index in [4.69, 9.17) is 0 Å². The van der Waals surface area contributed by atoms with Crippen LogP contribution in [0.2, 0.25) is 0 Å². The molecule has 29 heavy (non-hydrogen) atoms. The highest BCUT2D eigenvalue weighted by molar-refractivity contribution is 5.86. The van der Waals surface area contributed by atoms with E-state index in [9.17, 15) is 0 Å². The van der Waals surface area contributed by atoms with Crippen LogP contribution in [-0.4, -0.2) is 9.13 Å². The Balaban J connectivity index is 1.54. The fraction of sp³-hybridized carbons (Fsp3) is 0.538. The van der Waals surface area contributed by atoms with E-state index in [0.717, 1.165) is 30.2 Å². The van der Waals surface area contributed by atoms with Crippen LogP contribution in [0.1, 0.15) is 48.9 Å². The van der Waals surface area contributed by atoms with Gasteiger partial charge in [0.25, 0.3) is 0 Å². The van der Waals surface area contributed by atoms with Crippen molar-refractivity contribution < 1.29 is 0 Å². The number of fused-ring (bicyclic) bond motifs is 3. The SMILES string of the molecule is Cc1ccccc1N1Cc2c(n(C)c3ccn(C)c23)C12C1CC3CC(C1)CC2C3. The first kappa shape index (κ1) is 16.6. The van der Waals surface area contributed by atoms with Crippen LogP contribution in [0.4, 0.5) is 5.69 Å². The molecule has 0 amide bonds. The van der Waals surface area contributed by atoms with Crippen LogP contribution in [0.5, 0.6) is 0 Å². The molecule has 0 radical (unpaired) electrons. The molecule has 5 aliphatic rings. The third kappa shape index (κ3) is 1.82. The van der Waals surface area contributed by atoms with E-state index in [1.54, 1.807) is 11.3 Å². The minimum Gasteiger partial charge on any atom is -0.355 e. The average molecular weight is 386 g/mol. The van der Waals surface area contributed by atoms with Crippen molar-refractivity contribution in [2.24, 2.45) is 37.8 Å². The molecule has 1 spiro atoms. The summed E-state index contributed by atoms with van der Waals surface area (Å²) in [6.07, 6.45) is 9.51. The van der Waals surface area contributed by atoms with Crippen LogP contribution in [0.15, 0.2) is 36.5 Å². The number of hydrogen-bond acceptors (Lipinski definition) is 1. The number of para-hydroxylation sites is 1. The van der Waals surface area contributed by atoms with Crippen LogP contribution < -0.4 is 4.90 Å². The predicted octanol–water partition coefficient (Wildman–Crippen LogP) is 5.50. The lowest BCUT2D eigenvalue weighted by atomic mass is 9.47. The fourth-order valence-electron chi connectivity index (χ4n) is 8.55. The lowest BCUT2D eigenvalue weighted by Gasteiger charge is -2.63. The standard InChI is InChI=1S/C26H31N3/c1-16-6-4-5-7-22(16)29-15-21-24-23(8-9-27(24)2)28(3)25(21)26(29)19-11-17-10-18(13-19)14-20(26)12-17/h4-9,17-20H,10-15H2,1-3H3. The first-order chi connectivity index (χ1) is 14.1. The van der Waals surface area contributed by atoms with Gasteiger partial charge in [0.1, 0.15) is 0 Å². The molecule has 0 saturated heterocycles. The van der Waals surface area contributed by atoms with E-state index < -0.39 is 0 Å². The monoisotopic (exact) mass is 385 g/mol. The van der Waals surface area contributed by atoms with Gasteiger partial charge in [-0.15, -0.1) is 0 Å². The number of aryl methyl sites for hydroxylation is 3. The topological polar surface area (TPSA) is 13.1 Å². The highest BCUT2D eigenvalue weighted by Gasteiger charge is 2.64. The molecule has 4 aliphatic carbocycles. The Morgan fingerprint density at radius 3 is 2.28 bits per heavy atom. The summed E-state index contributed by atoms with van der Waals surface area (Å²) in [5, 5.41) is 0. The van der Waals surface area contributed by atoms with E-state index in [0.29, 0.717) is 0 Å². The molecule has 4 fully saturated rings. The molecular weight excluding hydrogens is 354 g/mol. The molecule has 1 aromatic carbocycles. The van der Waals surface area contributed by atoms with Crippen molar-refractivity contribution in [1.82, 2.24) is 9.13 Å². The van der Waals surface area contributed by atoms with Crippen LogP contribution >= 0.6 is 0 Å². The summed E-state index contributed by atoms with van der Waals surface area (Å²) in [6, 6.07) is 11.5. The molecule has 0 atom stereocenters. The maximum Gasteiger partial charge on any atom is 0.0868 e. The summed E-state index contributed by atoms with van der Waals surface area (Å²) < 4.78 is 4.95. The van der Waals surface area contributed by atoms with Gasteiger partial charge in [-0.2, -0.15) is 0 Å². The largest absolute Gasteiger partial charge is 0.355 e. The van der Waals surface area contributed by atoms with Gasteiger partial charge in [0.2, 0.25) is 0 Å². The summed E-state index contributed by atoms with van der Waals surface area (Å²) >= 11 is 0. The van der Waals surface area contributed by atoms with E-state index in [2.05, 4.69) is 71.6 Å². The molecule has 0 N–H and O–H groups in total. The molecular formula is C26H31N3. The minimum absolute atomic E-state index is 0.197. The van der Waals surface area contributed by atoms with Crippen molar-refractivity contribution in [2.45, 2.75) is 51.1 Å². The second-order valence-corrected chi connectivity index (χ2v) is 10.5. The van der Waals surface area contributed by atoms with Crippen molar-refractivity contribution in [1.29, 1.82) is 0 Å². The van der Waals surface area contributed by atoms with Crippen molar-refractivity contribution in [3.8, 4) is 0 Å². The summed E-state index contributed by atoms with van der Waals surface area (Å²) in [5.41, 5.74) is 9.25. The van der Waals surface area contributed by atoms with Crippen molar-refractivity contribution in [3.05, 3.63) is 53.3 Å². The molecule has 3 heteroatoms. The van der Waals surface area contributed by atoms with Gasteiger partial charge in [0, 0.05) is 38.1 Å². The molecule has 4 bridgehead atoms. The second-order valence-electron chi connectivity index (χ2n) is 10.5. The maximum absolute atomic E-state index is 2.88. The van der Waals surface area contributed by atoms with Crippen LogP contribution in [0.3, 0.4) is 0 Å². The minimum atomic E-state index is 0.197. The molecule has 8 rings (SSSR count). The van der Waals surface area contributed by atoms with Gasteiger partial charge in [0.05, 0.1) is 22.3 Å². The van der Waals surface area contributed by atoms with Gasteiger partial charge in [-0.05, 0) is 80.4 Å². The quantitative estimate of drug-likeness (QED) is 0.539. The zero-order chi connectivity index (χ0) is 19.5. The van der Waals surface area contributed by atoms with Gasteiger partial charge in [-0.1, -0.05) is 18.2 Å². The Labute approximate surface area is 173 Å². The first-order valence-corrected chi connectivity index (χ1v) is 11.5. The van der Waals surface area contributed by atoms with Gasteiger partial charge >= 0.3 is 0 Å². The summed E-state index contributed by atoms with van der Waals surface area (Å²) in [6.45, 7) is 3.37. The fourth-order valence-corrected chi connectivity index (χ4v) is 8.55. The van der Waals surface area contributed by atoms with E-state index in [1.807, 2.05) is 0 Å². The van der Waals surface area contributed by atoms with Crippen LogP contribution in [-0.2, 0) is 26.2 Å². The third-order valence-corrected chi connectivity index (χ3v) is 9.25. The first-order valence-electron chi connectivity index (χ1n) is 11.5. The van der Waals surface area contributed by atoms with Crippen molar-refractivity contribution >= 4 is 16.7 Å². The number of aromatic nitrogens is 2. The molecule has 3 nitrogen and oxygen atoms in total. The summed E-state index contributed by atoms with van der Waals surface area (Å²) in [5.74, 6) is 3.59. The predicted molar refractivity (Wildman–Crippen MR) is 118 cm³/mol. The number of hydrogen-bond donors (Lipinski definition) is 0. The van der Waals surface area contributed by atoms with E-state index in [-0.39, 0.29) is 5.54 Å².